The zero-order valence-corrected chi connectivity index (χ0v) is 5.96. The van der Waals surface area contributed by atoms with Crippen molar-refractivity contribution in [3.63, 3.8) is 0 Å². The third-order valence-electron chi connectivity index (χ3n) is 1.52. The number of rotatable bonds is 0. The quantitative estimate of drug-likeness (QED) is 0.486. The summed E-state index contributed by atoms with van der Waals surface area (Å²) in [5, 5.41) is 0. The Labute approximate surface area is 56.2 Å². The molecule has 1 rings (SSSR count). The molecule has 3 atom stereocenters. The van der Waals surface area contributed by atoms with Crippen molar-refractivity contribution in [3.8, 4) is 0 Å². The number of hydrogen-bond donors (Lipinski definition) is 0. The van der Waals surface area contributed by atoms with Crippen molar-refractivity contribution in [3.05, 3.63) is 6.92 Å². The average Bonchev–Trinajstić information content (AvgIpc) is 1.80. The van der Waals surface area contributed by atoms with E-state index in [1.165, 1.54) is 0 Å². The molecule has 1 aliphatic rings. The van der Waals surface area contributed by atoms with E-state index in [-0.39, 0.29) is 18.3 Å². The molecule has 1 aliphatic heterocycles. The Balaban J connectivity index is 2.35. The van der Waals surface area contributed by atoms with Crippen molar-refractivity contribution in [1.29, 1.82) is 0 Å². The van der Waals surface area contributed by atoms with Gasteiger partial charge in [-0.25, -0.2) is 0 Å². The van der Waals surface area contributed by atoms with Gasteiger partial charge in [0, 0.05) is 0 Å². The van der Waals surface area contributed by atoms with Gasteiger partial charge in [0.05, 0.1) is 24.9 Å². The minimum atomic E-state index is 0.0150. The Hall–Kier alpha value is -0.0800. The molecule has 1 fully saturated rings. The van der Waals surface area contributed by atoms with Crippen LogP contribution in [0.4, 0.5) is 0 Å². The predicted molar refractivity (Wildman–Crippen MR) is 35.1 cm³/mol. The molecule has 1 saturated heterocycles. The van der Waals surface area contributed by atoms with Gasteiger partial charge in [-0.2, -0.15) is 0 Å². The van der Waals surface area contributed by atoms with Gasteiger partial charge < -0.3 is 9.47 Å². The minimum Gasteiger partial charge on any atom is -0.373 e. The second-order valence-electron chi connectivity index (χ2n) is 2.52. The first-order valence-corrected chi connectivity index (χ1v) is 3.30. The first kappa shape index (κ1) is 7.03. The monoisotopic (exact) mass is 129 g/mol. The van der Waals surface area contributed by atoms with Crippen LogP contribution in [0.2, 0.25) is 0 Å². The van der Waals surface area contributed by atoms with E-state index in [1.54, 1.807) is 0 Å². The van der Waals surface area contributed by atoms with Crippen molar-refractivity contribution in [1.82, 2.24) is 0 Å². The summed E-state index contributed by atoms with van der Waals surface area (Å²) in [4.78, 5) is 0. The van der Waals surface area contributed by atoms with E-state index in [0.717, 1.165) is 0 Å². The molecule has 0 aromatic carbocycles. The average molecular weight is 129 g/mol. The summed E-state index contributed by atoms with van der Waals surface area (Å²) < 4.78 is 10.7. The highest BCUT2D eigenvalue weighted by Gasteiger charge is 2.22. The molecule has 0 bridgehead atoms. The highest BCUT2D eigenvalue weighted by molar-refractivity contribution is 4.73. The maximum atomic E-state index is 5.41. The largest absolute Gasteiger partial charge is 0.373 e. The normalized spacial score (nSPS) is 45.0. The summed E-state index contributed by atoms with van der Waals surface area (Å²) in [5.41, 5.74) is 0. The van der Waals surface area contributed by atoms with Crippen LogP contribution in [0, 0.1) is 6.92 Å². The van der Waals surface area contributed by atoms with Gasteiger partial charge in [0.1, 0.15) is 0 Å². The SMILES string of the molecule is [CH2]C1OCC(C)OC1C. The van der Waals surface area contributed by atoms with Crippen LogP contribution in [0.5, 0.6) is 0 Å². The number of ether oxygens (including phenoxy) is 2. The smallest absolute Gasteiger partial charge is 0.0836 e. The van der Waals surface area contributed by atoms with E-state index in [2.05, 4.69) is 6.92 Å². The molecular formula is C7H13O2. The van der Waals surface area contributed by atoms with Gasteiger partial charge in [0.15, 0.2) is 0 Å². The summed E-state index contributed by atoms with van der Waals surface area (Å²) in [7, 11) is 0. The third-order valence-corrected chi connectivity index (χ3v) is 1.52. The Morgan fingerprint density at radius 1 is 1.44 bits per heavy atom. The predicted octanol–water partition coefficient (Wildman–Crippen LogP) is 1.01. The van der Waals surface area contributed by atoms with Crippen LogP contribution in [-0.4, -0.2) is 24.9 Å². The topological polar surface area (TPSA) is 18.5 Å². The summed E-state index contributed by atoms with van der Waals surface area (Å²) in [6, 6.07) is 0. The van der Waals surface area contributed by atoms with E-state index in [4.69, 9.17) is 9.47 Å². The first-order chi connectivity index (χ1) is 4.20. The van der Waals surface area contributed by atoms with Gasteiger partial charge in [0.2, 0.25) is 0 Å². The lowest BCUT2D eigenvalue weighted by Crippen LogP contribution is -2.38. The van der Waals surface area contributed by atoms with Crippen molar-refractivity contribution in [2.24, 2.45) is 0 Å². The molecule has 53 valence electrons. The molecule has 2 nitrogen and oxygen atoms in total. The summed E-state index contributed by atoms with van der Waals surface area (Å²) in [6.45, 7) is 8.43. The van der Waals surface area contributed by atoms with Crippen LogP contribution >= 0.6 is 0 Å². The van der Waals surface area contributed by atoms with Crippen LogP contribution in [0.1, 0.15) is 13.8 Å². The van der Waals surface area contributed by atoms with Crippen LogP contribution in [0.15, 0.2) is 0 Å². The minimum absolute atomic E-state index is 0.0150. The molecule has 3 unspecified atom stereocenters. The zero-order valence-electron chi connectivity index (χ0n) is 5.96. The highest BCUT2D eigenvalue weighted by Crippen LogP contribution is 2.12. The van der Waals surface area contributed by atoms with Crippen molar-refractivity contribution in [2.45, 2.75) is 32.2 Å². The van der Waals surface area contributed by atoms with Gasteiger partial charge in [-0.15, -0.1) is 0 Å². The molecule has 0 amide bonds. The summed E-state index contributed by atoms with van der Waals surface area (Å²) >= 11 is 0. The molecule has 0 saturated carbocycles. The summed E-state index contributed by atoms with van der Waals surface area (Å²) in [6.07, 6.45) is 0.396. The Morgan fingerprint density at radius 3 is 2.56 bits per heavy atom. The molecule has 0 aromatic rings. The van der Waals surface area contributed by atoms with Crippen molar-refractivity contribution < 1.29 is 9.47 Å². The van der Waals surface area contributed by atoms with E-state index >= 15 is 0 Å². The fourth-order valence-electron chi connectivity index (χ4n) is 0.888. The third kappa shape index (κ3) is 1.66. The van der Waals surface area contributed by atoms with Crippen LogP contribution in [-0.2, 0) is 9.47 Å². The zero-order chi connectivity index (χ0) is 6.85. The maximum absolute atomic E-state index is 5.41. The fraction of sp³-hybridized carbons (Fsp3) is 0.857. The second-order valence-corrected chi connectivity index (χ2v) is 2.52. The molecule has 0 spiro atoms. The lowest BCUT2D eigenvalue weighted by molar-refractivity contribution is -0.152. The lowest BCUT2D eigenvalue weighted by atomic mass is 10.2. The number of hydrogen-bond acceptors (Lipinski definition) is 2. The van der Waals surface area contributed by atoms with Gasteiger partial charge in [0.25, 0.3) is 0 Å². The van der Waals surface area contributed by atoms with Crippen LogP contribution in [0.25, 0.3) is 0 Å². The van der Waals surface area contributed by atoms with Crippen LogP contribution < -0.4 is 0 Å². The molecular weight excluding hydrogens is 116 g/mol. The Bertz CT molecular complexity index is 92.9. The maximum Gasteiger partial charge on any atom is 0.0836 e. The van der Waals surface area contributed by atoms with E-state index in [0.29, 0.717) is 6.61 Å². The Kier molecular flexibility index (Phi) is 2.09. The van der Waals surface area contributed by atoms with Crippen LogP contribution in [0.3, 0.4) is 0 Å². The van der Waals surface area contributed by atoms with Gasteiger partial charge in [-0.1, -0.05) is 0 Å². The standard InChI is InChI=1S/C7H13O2/c1-5-4-8-6(2)7(3)9-5/h5-7H,2,4H2,1,3H3. The highest BCUT2D eigenvalue weighted by atomic mass is 16.6. The van der Waals surface area contributed by atoms with Gasteiger partial charge >= 0.3 is 0 Å². The lowest BCUT2D eigenvalue weighted by Gasteiger charge is -2.30. The molecule has 0 N–H and O–H groups in total. The fourth-order valence-corrected chi connectivity index (χ4v) is 0.888. The Morgan fingerprint density at radius 2 is 2.11 bits per heavy atom. The van der Waals surface area contributed by atoms with E-state index in [9.17, 15) is 0 Å². The van der Waals surface area contributed by atoms with E-state index in [1.807, 2.05) is 13.8 Å². The first-order valence-electron chi connectivity index (χ1n) is 3.30. The molecule has 0 aromatic heterocycles. The summed E-state index contributed by atoms with van der Waals surface area (Å²) in [5.74, 6) is 0. The molecule has 9 heavy (non-hydrogen) atoms. The molecule has 1 heterocycles. The molecule has 1 radical (unpaired) electrons. The van der Waals surface area contributed by atoms with E-state index < -0.39 is 0 Å². The second kappa shape index (κ2) is 2.67. The van der Waals surface area contributed by atoms with Crippen molar-refractivity contribution >= 4 is 0 Å². The van der Waals surface area contributed by atoms with Gasteiger partial charge in [-0.3, -0.25) is 0 Å². The molecule has 2 heteroatoms. The molecule has 0 aliphatic carbocycles. The van der Waals surface area contributed by atoms with Gasteiger partial charge in [-0.05, 0) is 20.8 Å². The van der Waals surface area contributed by atoms with Crippen molar-refractivity contribution in [2.75, 3.05) is 6.61 Å².